The minimum Gasteiger partial charge on any atom is -0.756 e. The molecular weight excluding hydrogens is 816 g/mol. The van der Waals surface area contributed by atoms with Crippen molar-refractivity contribution in [1.29, 1.82) is 0 Å². The summed E-state index contributed by atoms with van der Waals surface area (Å²) in [6, 6.07) is -0.889. The summed E-state index contributed by atoms with van der Waals surface area (Å²) >= 11 is 0. The van der Waals surface area contributed by atoms with Crippen molar-refractivity contribution in [2.24, 2.45) is 0 Å². The lowest BCUT2D eigenvalue weighted by atomic mass is 10.0. The standard InChI is InChI=1S/C55H107N2O6P/c1-6-8-10-12-14-16-18-20-22-24-26-27-28-29-31-32-34-36-38-40-42-44-46-48-54(58)53(52-63-64(60,61)62-51-50-57(3,4)5)56-55(59)49-47-45-43-41-39-37-35-33-30-25-23-21-19-17-15-13-11-9-7-2/h15,17,21,23,46,48,53-54,58H,6-14,16,18-20,22,24-45,47,49-52H2,1-5H3,(H-,56,59,60,61)/b17-15-,23-21-,48-46+. The number of aliphatic hydroxyl groups is 1. The van der Waals surface area contributed by atoms with Crippen molar-refractivity contribution in [3.63, 3.8) is 0 Å². The van der Waals surface area contributed by atoms with Crippen LogP contribution in [0.5, 0.6) is 0 Å². The predicted octanol–water partition coefficient (Wildman–Crippen LogP) is 15.6. The highest BCUT2D eigenvalue weighted by Gasteiger charge is 2.23. The third-order valence-corrected chi connectivity index (χ3v) is 13.3. The summed E-state index contributed by atoms with van der Waals surface area (Å²) in [4.78, 5) is 25.5. The zero-order valence-corrected chi connectivity index (χ0v) is 43.9. The maximum Gasteiger partial charge on any atom is 0.268 e. The number of carbonyl (C=O) groups excluding carboxylic acids is 1. The quantitative estimate of drug-likeness (QED) is 0.0272. The summed E-state index contributed by atoms with van der Waals surface area (Å²) in [5, 5.41) is 13.9. The molecule has 0 aromatic rings. The van der Waals surface area contributed by atoms with Crippen LogP contribution in [0.2, 0.25) is 0 Å². The topological polar surface area (TPSA) is 108 Å². The SMILES string of the molecule is CCCCC/C=C\C/C=C\CCCCCCCCCCCC(=O)NC(COP(=O)([O-])OCC[N+](C)(C)C)C(O)/C=C/CCCCCCCCCCCCCCCCCCCCCCC. The Morgan fingerprint density at radius 1 is 0.547 bits per heavy atom. The van der Waals surface area contributed by atoms with E-state index in [0.717, 1.165) is 44.9 Å². The van der Waals surface area contributed by atoms with Gasteiger partial charge in [-0.3, -0.25) is 9.36 Å². The Morgan fingerprint density at radius 2 is 0.906 bits per heavy atom. The molecule has 0 aromatic heterocycles. The van der Waals surface area contributed by atoms with Crippen molar-refractivity contribution in [2.75, 3.05) is 40.9 Å². The molecular formula is C55H107N2O6P. The van der Waals surface area contributed by atoms with Gasteiger partial charge in [0.05, 0.1) is 39.9 Å². The van der Waals surface area contributed by atoms with Gasteiger partial charge in [0, 0.05) is 6.42 Å². The highest BCUT2D eigenvalue weighted by atomic mass is 31.2. The summed E-state index contributed by atoms with van der Waals surface area (Å²) in [7, 11) is 1.26. The number of nitrogens with zero attached hydrogens (tertiary/aromatic N) is 1. The van der Waals surface area contributed by atoms with Crippen LogP contribution >= 0.6 is 7.82 Å². The molecule has 8 nitrogen and oxygen atoms in total. The first kappa shape index (κ1) is 62.7. The number of hydrogen-bond donors (Lipinski definition) is 2. The number of likely N-dealkylation sites (N-methyl/N-ethyl adjacent to an activating group) is 1. The van der Waals surface area contributed by atoms with Crippen LogP contribution in [-0.2, 0) is 18.4 Å². The van der Waals surface area contributed by atoms with E-state index >= 15 is 0 Å². The second-order valence-corrected chi connectivity index (χ2v) is 21.3. The van der Waals surface area contributed by atoms with Crippen molar-refractivity contribution in [1.82, 2.24) is 5.32 Å². The third-order valence-electron chi connectivity index (χ3n) is 12.3. The molecule has 0 saturated carbocycles. The number of phosphoric acid groups is 1. The lowest BCUT2D eigenvalue weighted by Crippen LogP contribution is -2.45. The zero-order chi connectivity index (χ0) is 47.1. The first-order chi connectivity index (χ1) is 31.0. The van der Waals surface area contributed by atoms with Gasteiger partial charge in [-0.05, 0) is 51.4 Å². The smallest absolute Gasteiger partial charge is 0.268 e. The summed E-state index contributed by atoms with van der Waals surface area (Å²) in [6.07, 6.45) is 59.2. The van der Waals surface area contributed by atoms with Gasteiger partial charge in [0.25, 0.3) is 7.82 Å². The largest absolute Gasteiger partial charge is 0.756 e. The Hall–Kier alpha value is -1.28. The van der Waals surface area contributed by atoms with E-state index in [1.165, 1.54) is 193 Å². The number of rotatable bonds is 50. The molecule has 3 atom stereocenters. The summed E-state index contributed by atoms with van der Waals surface area (Å²) < 4.78 is 23.3. The van der Waals surface area contributed by atoms with Crippen molar-refractivity contribution in [3.8, 4) is 0 Å². The molecule has 1 amide bonds. The highest BCUT2D eigenvalue weighted by Crippen LogP contribution is 2.38. The lowest BCUT2D eigenvalue weighted by molar-refractivity contribution is -0.870. The van der Waals surface area contributed by atoms with Gasteiger partial charge in [0.2, 0.25) is 5.91 Å². The molecule has 0 bridgehead atoms. The average Bonchev–Trinajstić information content (AvgIpc) is 3.25. The van der Waals surface area contributed by atoms with Gasteiger partial charge in [-0.2, -0.15) is 0 Å². The number of nitrogens with one attached hydrogen (secondary N) is 1. The number of carbonyl (C=O) groups is 1. The maximum absolute atomic E-state index is 12.9. The molecule has 3 unspecified atom stereocenters. The molecule has 0 saturated heterocycles. The summed E-state index contributed by atoms with van der Waals surface area (Å²) in [5.74, 6) is -0.200. The predicted molar refractivity (Wildman–Crippen MR) is 275 cm³/mol. The molecule has 0 fully saturated rings. The molecule has 0 heterocycles. The molecule has 378 valence electrons. The van der Waals surface area contributed by atoms with Crippen molar-refractivity contribution < 1.29 is 32.9 Å². The Balaban J connectivity index is 4.26. The molecule has 0 aliphatic carbocycles. The molecule has 64 heavy (non-hydrogen) atoms. The summed E-state index contributed by atoms with van der Waals surface area (Å²) in [6.45, 7) is 4.65. The Labute approximate surface area is 397 Å². The number of quaternary nitrogens is 1. The fraction of sp³-hybridized carbons (Fsp3) is 0.873. The van der Waals surface area contributed by atoms with Crippen molar-refractivity contribution in [2.45, 2.75) is 270 Å². The van der Waals surface area contributed by atoms with Gasteiger partial charge in [-0.1, -0.05) is 237 Å². The molecule has 2 N–H and O–H groups in total. The van der Waals surface area contributed by atoms with Gasteiger partial charge in [0.1, 0.15) is 13.2 Å². The van der Waals surface area contributed by atoms with E-state index in [4.69, 9.17) is 9.05 Å². The molecule has 0 aromatic carbocycles. The van der Waals surface area contributed by atoms with Crippen LogP contribution in [0.1, 0.15) is 258 Å². The van der Waals surface area contributed by atoms with Gasteiger partial charge >= 0.3 is 0 Å². The maximum atomic E-state index is 12.9. The number of phosphoric ester groups is 1. The van der Waals surface area contributed by atoms with E-state index < -0.39 is 20.0 Å². The van der Waals surface area contributed by atoms with Crippen LogP contribution in [-0.4, -0.2) is 68.5 Å². The van der Waals surface area contributed by atoms with E-state index in [1.807, 2.05) is 27.2 Å². The number of unbranched alkanes of at least 4 members (excludes halogenated alkanes) is 33. The fourth-order valence-electron chi connectivity index (χ4n) is 8.01. The number of aliphatic hydroxyl groups excluding tert-OH is 1. The van der Waals surface area contributed by atoms with Gasteiger partial charge < -0.3 is 28.8 Å². The van der Waals surface area contributed by atoms with E-state index in [1.54, 1.807) is 6.08 Å². The van der Waals surface area contributed by atoms with Gasteiger partial charge in [-0.15, -0.1) is 0 Å². The van der Waals surface area contributed by atoms with Crippen LogP contribution in [0.3, 0.4) is 0 Å². The Bertz CT molecular complexity index is 1140. The van der Waals surface area contributed by atoms with E-state index in [-0.39, 0.29) is 19.1 Å². The van der Waals surface area contributed by atoms with Crippen LogP contribution in [0, 0.1) is 0 Å². The van der Waals surface area contributed by atoms with E-state index in [9.17, 15) is 19.4 Å². The summed E-state index contributed by atoms with van der Waals surface area (Å²) in [5.41, 5.74) is 0. The minimum absolute atomic E-state index is 0.00155. The van der Waals surface area contributed by atoms with E-state index in [2.05, 4.69) is 43.5 Å². The van der Waals surface area contributed by atoms with E-state index in [0.29, 0.717) is 17.4 Å². The Kier molecular flexibility index (Phi) is 45.9. The highest BCUT2D eigenvalue weighted by molar-refractivity contribution is 7.45. The molecule has 9 heteroatoms. The molecule has 0 radical (unpaired) electrons. The number of allylic oxidation sites excluding steroid dienone is 5. The second-order valence-electron chi connectivity index (χ2n) is 19.9. The minimum atomic E-state index is -4.60. The first-order valence-electron chi connectivity index (χ1n) is 27.4. The van der Waals surface area contributed by atoms with Gasteiger partial charge in [0.15, 0.2) is 0 Å². The monoisotopic (exact) mass is 923 g/mol. The molecule has 0 aliphatic heterocycles. The fourth-order valence-corrected chi connectivity index (χ4v) is 8.73. The molecule has 0 aliphatic rings. The van der Waals surface area contributed by atoms with Crippen LogP contribution in [0.4, 0.5) is 0 Å². The normalized spacial score (nSPS) is 14.3. The van der Waals surface area contributed by atoms with Crippen molar-refractivity contribution >= 4 is 13.7 Å². The molecule has 0 spiro atoms. The molecule has 0 rings (SSSR count). The number of hydrogen-bond acceptors (Lipinski definition) is 6. The lowest BCUT2D eigenvalue weighted by Gasteiger charge is -2.29. The van der Waals surface area contributed by atoms with Crippen LogP contribution < -0.4 is 10.2 Å². The third kappa shape index (κ3) is 48.6. The number of amides is 1. The zero-order valence-electron chi connectivity index (χ0n) is 43.0. The first-order valence-corrected chi connectivity index (χ1v) is 28.8. The Morgan fingerprint density at radius 3 is 1.33 bits per heavy atom. The second kappa shape index (κ2) is 46.8. The average molecular weight is 923 g/mol. The van der Waals surface area contributed by atoms with Crippen LogP contribution in [0.15, 0.2) is 36.5 Å². The van der Waals surface area contributed by atoms with Gasteiger partial charge in [-0.25, -0.2) is 0 Å². The van der Waals surface area contributed by atoms with Crippen LogP contribution in [0.25, 0.3) is 0 Å². The van der Waals surface area contributed by atoms with Crippen molar-refractivity contribution in [3.05, 3.63) is 36.5 Å².